The van der Waals surface area contributed by atoms with Gasteiger partial charge in [-0.25, -0.2) is 0 Å². The number of carbonyl (C=O) groups is 2. The number of aromatic nitrogens is 3. The van der Waals surface area contributed by atoms with E-state index in [4.69, 9.17) is 16.3 Å². The summed E-state index contributed by atoms with van der Waals surface area (Å²) in [5.41, 5.74) is 4.53. The van der Waals surface area contributed by atoms with Gasteiger partial charge >= 0.3 is 0 Å². The number of hydrogen-bond donors (Lipinski definition) is 1. The first-order chi connectivity index (χ1) is 26.0. The van der Waals surface area contributed by atoms with Crippen molar-refractivity contribution >= 4 is 48.9 Å². The van der Waals surface area contributed by atoms with Gasteiger partial charge in [0.2, 0.25) is 14.3 Å². The predicted molar refractivity (Wildman–Crippen MR) is 209 cm³/mol. The van der Waals surface area contributed by atoms with Crippen LogP contribution in [0.2, 0.25) is 23.7 Å². The number of benzene rings is 4. The van der Waals surface area contributed by atoms with Crippen LogP contribution in [0.15, 0.2) is 103 Å². The molecule has 5 aromatic rings. The van der Waals surface area contributed by atoms with Gasteiger partial charge in [-0.2, -0.15) is 0 Å². The van der Waals surface area contributed by atoms with Crippen LogP contribution in [-0.2, 0) is 39.4 Å². The smallest absolute Gasteiger partial charge is 0.264 e. The van der Waals surface area contributed by atoms with E-state index in [9.17, 15) is 14.7 Å². The molecular formula is C42H43ClFN5O4Si. The number of amides is 2. The van der Waals surface area contributed by atoms with E-state index in [1.807, 2.05) is 92.0 Å². The van der Waals surface area contributed by atoms with Crippen LogP contribution in [0.4, 0.5) is 21.2 Å². The molecule has 1 N–H and O–H groups in total. The summed E-state index contributed by atoms with van der Waals surface area (Å²) in [6, 6.07) is 30.7. The minimum absolute atomic E-state index is 0.0248. The molecule has 0 bridgehead atoms. The first-order valence-corrected chi connectivity index (χ1v) is 21.9. The molecule has 4 heterocycles. The Kier molecular flexibility index (Phi) is 9.54. The lowest BCUT2D eigenvalue weighted by Crippen LogP contribution is -2.45. The van der Waals surface area contributed by atoms with Gasteiger partial charge in [0, 0.05) is 46.9 Å². The number of nitrogens with zero attached hydrogens (tertiary/aromatic N) is 5. The molecule has 278 valence electrons. The number of aliphatic hydroxyl groups excluding tert-OH is 1. The predicted octanol–water partition coefficient (Wildman–Crippen LogP) is 8.08. The molecule has 1 unspecified atom stereocenters. The fourth-order valence-corrected chi connectivity index (χ4v) is 11.7. The van der Waals surface area contributed by atoms with E-state index in [-0.39, 0.29) is 30.9 Å². The number of rotatable bonds is 10. The zero-order chi connectivity index (χ0) is 37.8. The molecule has 1 fully saturated rings. The van der Waals surface area contributed by atoms with Crippen molar-refractivity contribution in [3.05, 3.63) is 136 Å². The highest BCUT2D eigenvalue weighted by molar-refractivity contribution is 6.72. The Morgan fingerprint density at radius 1 is 0.981 bits per heavy atom. The molecule has 0 aliphatic carbocycles. The molecule has 1 saturated heterocycles. The molecule has 4 aromatic carbocycles. The highest BCUT2D eigenvalue weighted by Crippen LogP contribution is 2.60. The van der Waals surface area contributed by atoms with Crippen molar-refractivity contribution < 1.29 is 23.5 Å². The molecule has 1 spiro atoms. The van der Waals surface area contributed by atoms with Gasteiger partial charge in [0.25, 0.3) is 5.91 Å². The van der Waals surface area contributed by atoms with Crippen molar-refractivity contribution in [2.45, 2.75) is 75.5 Å². The Morgan fingerprint density at radius 3 is 2.54 bits per heavy atom. The number of hydrogen-bond acceptors (Lipinski definition) is 6. The largest absolute Gasteiger partial charge is 0.395 e. The number of halogens is 2. The van der Waals surface area contributed by atoms with Gasteiger partial charge in [0.1, 0.15) is 0 Å². The van der Waals surface area contributed by atoms with Crippen LogP contribution in [0.25, 0.3) is 0 Å². The Hall–Kier alpha value is -4.68. The van der Waals surface area contributed by atoms with Crippen LogP contribution in [0, 0.1) is 5.92 Å². The van der Waals surface area contributed by atoms with Gasteiger partial charge in [-0.1, -0.05) is 84.4 Å². The number of aryl methyl sites for hydroxylation is 2. The Morgan fingerprint density at radius 2 is 1.76 bits per heavy atom. The zero-order valence-corrected chi connectivity index (χ0v) is 32.3. The molecule has 3 aliphatic rings. The third-order valence-corrected chi connectivity index (χ3v) is 14.2. The van der Waals surface area contributed by atoms with Crippen LogP contribution in [0.1, 0.15) is 53.6 Å². The first kappa shape index (κ1) is 36.3. The fraction of sp³-hybridized carbons (Fsp3) is 0.333. The maximum Gasteiger partial charge on any atom is 0.264 e. The molecule has 12 heteroatoms. The molecule has 0 saturated carbocycles. The topological polar surface area (TPSA) is 101 Å². The molecule has 9 nitrogen and oxygen atoms in total. The molecule has 3 aliphatic heterocycles. The van der Waals surface area contributed by atoms with Gasteiger partial charge < -0.3 is 18.9 Å². The maximum absolute atomic E-state index is 16.5. The fourth-order valence-electron chi connectivity index (χ4n) is 9.03. The molecule has 0 radical (unpaired) electrons. The second-order valence-corrected chi connectivity index (χ2v) is 19.4. The highest BCUT2D eigenvalue weighted by atomic mass is 35.5. The van der Waals surface area contributed by atoms with Crippen molar-refractivity contribution in [3.8, 4) is 0 Å². The summed E-state index contributed by atoms with van der Waals surface area (Å²) in [4.78, 5) is 31.7. The summed E-state index contributed by atoms with van der Waals surface area (Å²) in [6.07, 6.45) is 2.77. The minimum atomic E-state index is -3.41. The van der Waals surface area contributed by atoms with E-state index in [1.54, 1.807) is 39.7 Å². The van der Waals surface area contributed by atoms with E-state index < -0.39 is 31.6 Å². The Balaban J connectivity index is 1.08. The van der Waals surface area contributed by atoms with Crippen molar-refractivity contribution in [2.24, 2.45) is 5.92 Å². The molecule has 1 aromatic heterocycles. The van der Waals surface area contributed by atoms with E-state index in [1.165, 1.54) is 0 Å². The SMILES string of the molecule is C[C@@H]1[C@@H]([Si](C)(C)F)[C@H](CCn2cc(C(CO)c3ccccc3)nn2)O[C@@]12C(=O)N(Cc1cccc(N3C(=O)CCc4ccccc43)c1)c1ccc(Cl)cc12. The van der Waals surface area contributed by atoms with Gasteiger partial charge in [0.15, 0.2) is 5.60 Å². The van der Waals surface area contributed by atoms with Crippen LogP contribution < -0.4 is 9.80 Å². The molecule has 54 heavy (non-hydrogen) atoms. The molecule has 2 amide bonds. The summed E-state index contributed by atoms with van der Waals surface area (Å²) in [5.74, 6) is -1.03. The van der Waals surface area contributed by atoms with E-state index in [0.29, 0.717) is 47.8 Å². The average molecular weight is 764 g/mol. The lowest BCUT2D eigenvalue weighted by atomic mass is 9.82. The summed E-state index contributed by atoms with van der Waals surface area (Å²) < 4.78 is 25.2. The summed E-state index contributed by atoms with van der Waals surface area (Å²) >= 11 is 6.61. The van der Waals surface area contributed by atoms with Crippen molar-refractivity contribution in [1.82, 2.24) is 15.0 Å². The number of para-hydroxylation sites is 1. The first-order valence-electron chi connectivity index (χ1n) is 18.5. The standard InChI is InChI=1S/C42H43ClFN5O4Si/c1-27-40(54(2,3)44)38(20-21-47-25-35(45-46-47)33(26-50)29-11-5-4-6-12-29)53-42(27)34-23-31(43)17-18-37(34)48(41(42)52)24-28-10-9-14-32(22-28)49-36-15-8-7-13-30(36)16-19-39(49)51/h4-15,17-18,22-23,25,27,33,38,40,50H,16,19-21,24,26H2,1-3H3/t27-,33?,38+,40-,42+/m1/s1. The van der Waals surface area contributed by atoms with Crippen LogP contribution in [-0.4, -0.2) is 53.0 Å². The second-order valence-electron chi connectivity index (χ2n) is 15.2. The lowest BCUT2D eigenvalue weighted by molar-refractivity contribution is -0.146. The normalized spacial score (nSPS) is 22.9. The third kappa shape index (κ3) is 6.26. The van der Waals surface area contributed by atoms with Crippen molar-refractivity contribution in [3.63, 3.8) is 0 Å². The van der Waals surface area contributed by atoms with Crippen LogP contribution >= 0.6 is 11.6 Å². The zero-order valence-electron chi connectivity index (χ0n) is 30.5. The number of anilines is 3. The highest BCUT2D eigenvalue weighted by Gasteiger charge is 2.66. The summed E-state index contributed by atoms with van der Waals surface area (Å²) in [6.45, 7) is 5.80. The Labute approximate surface area is 320 Å². The van der Waals surface area contributed by atoms with E-state index in [0.717, 1.165) is 28.1 Å². The number of carbonyl (C=O) groups excluding carboxylic acids is 2. The number of ether oxygens (including phenoxy) is 1. The van der Waals surface area contributed by atoms with Crippen LogP contribution in [0.5, 0.6) is 0 Å². The lowest BCUT2D eigenvalue weighted by Gasteiger charge is -2.31. The number of aliphatic hydroxyl groups is 1. The summed E-state index contributed by atoms with van der Waals surface area (Å²) in [7, 11) is -3.41. The quantitative estimate of drug-likeness (QED) is 0.114. The van der Waals surface area contributed by atoms with Crippen molar-refractivity contribution in [2.75, 3.05) is 16.4 Å². The third-order valence-electron chi connectivity index (χ3n) is 11.5. The van der Waals surface area contributed by atoms with Gasteiger partial charge in [-0.05, 0) is 79.0 Å². The maximum atomic E-state index is 16.5. The monoisotopic (exact) mass is 763 g/mol. The van der Waals surface area contributed by atoms with E-state index >= 15 is 4.11 Å². The van der Waals surface area contributed by atoms with Crippen LogP contribution in [0.3, 0.4) is 0 Å². The average Bonchev–Trinajstić information content (AvgIpc) is 3.81. The van der Waals surface area contributed by atoms with Gasteiger partial charge in [-0.15, -0.1) is 5.10 Å². The summed E-state index contributed by atoms with van der Waals surface area (Å²) in [5, 5.41) is 19.4. The minimum Gasteiger partial charge on any atom is -0.395 e. The van der Waals surface area contributed by atoms with Gasteiger partial charge in [0.05, 0.1) is 42.2 Å². The van der Waals surface area contributed by atoms with Crippen molar-refractivity contribution in [1.29, 1.82) is 0 Å². The molecular weight excluding hydrogens is 721 g/mol. The molecule has 8 rings (SSSR count). The number of fused-ring (bicyclic) bond motifs is 3. The second kappa shape index (κ2) is 14.2. The Bertz CT molecular complexity index is 2210. The van der Waals surface area contributed by atoms with E-state index in [2.05, 4.69) is 16.4 Å². The van der Waals surface area contributed by atoms with Gasteiger partial charge in [-0.3, -0.25) is 19.2 Å². The molecule has 5 atom stereocenters.